The van der Waals surface area contributed by atoms with Gasteiger partial charge in [-0.3, -0.25) is 0 Å². The highest BCUT2D eigenvalue weighted by Gasteiger charge is 2.32. The van der Waals surface area contributed by atoms with Crippen molar-refractivity contribution >= 4 is 19.4 Å². The van der Waals surface area contributed by atoms with Crippen molar-refractivity contribution in [3.8, 4) is 5.75 Å². The minimum Gasteiger partial charge on any atom is -0.471 e. The Kier molecular flexibility index (Phi) is 2.58. The van der Waals surface area contributed by atoms with Gasteiger partial charge in [-0.1, -0.05) is 18.2 Å². The van der Waals surface area contributed by atoms with E-state index >= 15 is 0 Å². The van der Waals surface area contributed by atoms with Crippen LogP contribution in [0.1, 0.15) is 11.1 Å². The second kappa shape index (κ2) is 3.77. The van der Waals surface area contributed by atoms with Crippen molar-refractivity contribution in [1.29, 1.82) is 0 Å². The third-order valence-corrected chi connectivity index (χ3v) is 3.17. The van der Waals surface area contributed by atoms with E-state index in [9.17, 15) is 9.36 Å². The summed E-state index contributed by atoms with van der Waals surface area (Å²) in [6, 6.07) is 4.77. The number of allylic oxidation sites excluding steroid dienone is 1. The van der Waals surface area contributed by atoms with E-state index in [0.717, 1.165) is 17.5 Å². The Balaban J connectivity index is 2.26. The van der Waals surface area contributed by atoms with Gasteiger partial charge in [-0.05, 0) is 29.7 Å². The van der Waals surface area contributed by atoms with Crippen LogP contribution in [0.15, 0.2) is 24.3 Å². The molecule has 1 aliphatic rings. The standard InChI is InChI=1S/C10H9O5P/c11-10(12)16(13,14)15-9-5-4-7-2-1-3-8(7)6-9/h1,3-6H,2H2,(H,11,12)(H,13,14). The summed E-state index contributed by atoms with van der Waals surface area (Å²) in [7, 11) is -4.62. The predicted molar refractivity (Wildman–Crippen MR) is 57.7 cm³/mol. The second-order valence-corrected chi connectivity index (χ2v) is 4.97. The van der Waals surface area contributed by atoms with E-state index < -0.39 is 13.3 Å². The predicted octanol–water partition coefficient (Wildman–Crippen LogP) is 2.50. The maximum Gasteiger partial charge on any atom is 0.485 e. The molecule has 0 aromatic heterocycles. The van der Waals surface area contributed by atoms with E-state index in [1.54, 1.807) is 12.1 Å². The van der Waals surface area contributed by atoms with Gasteiger partial charge in [-0.25, -0.2) is 9.36 Å². The maximum absolute atomic E-state index is 11.1. The molecular weight excluding hydrogens is 231 g/mol. The third-order valence-electron chi connectivity index (χ3n) is 2.22. The van der Waals surface area contributed by atoms with Crippen LogP contribution >= 0.6 is 7.60 Å². The Bertz CT molecular complexity index is 520. The molecule has 2 N–H and O–H groups in total. The molecule has 1 aromatic rings. The normalized spacial score (nSPS) is 16.6. The largest absolute Gasteiger partial charge is 0.485 e. The molecule has 0 radical (unpaired) electrons. The molecule has 6 heteroatoms. The molecule has 1 atom stereocenters. The van der Waals surface area contributed by atoms with Crippen molar-refractivity contribution < 1.29 is 23.9 Å². The number of hydrogen-bond acceptors (Lipinski definition) is 3. The first-order valence-electron chi connectivity index (χ1n) is 4.54. The molecule has 0 saturated carbocycles. The van der Waals surface area contributed by atoms with Crippen LogP contribution in [-0.2, 0) is 11.0 Å². The maximum atomic E-state index is 11.1. The molecule has 0 bridgehead atoms. The van der Waals surface area contributed by atoms with Crippen LogP contribution in [0.4, 0.5) is 4.79 Å². The average Bonchev–Trinajstić information content (AvgIpc) is 2.63. The summed E-state index contributed by atoms with van der Waals surface area (Å²) in [5, 5.41) is 8.44. The number of hydrogen-bond donors (Lipinski definition) is 2. The fourth-order valence-electron chi connectivity index (χ4n) is 1.47. The van der Waals surface area contributed by atoms with Gasteiger partial charge >= 0.3 is 13.3 Å². The molecule has 0 amide bonds. The number of fused-ring (bicyclic) bond motifs is 1. The number of carbonyl (C=O) groups is 1. The van der Waals surface area contributed by atoms with Crippen LogP contribution in [-0.4, -0.2) is 15.7 Å². The Morgan fingerprint density at radius 1 is 1.44 bits per heavy atom. The fraction of sp³-hybridized carbons (Fsp3) is 0.100. The van der Waals surface area contributed by atoms with E-state index in [1.807, 2.05) is 12.2 Å². The second-order valence-electron chi connectivity index (χ2n) is 3.36. The van der Waals surface area contributed by atoms with Crippen LogP contribution in [0, 0.1) is 0 Å². The van der Waals surface area contributed by atoms with Gasteiger partial charge in [0, 0.05) is 0 Å². The van der Waals surface area contributed by atoms with Crippen LogP contribution in [0.2, 0.25) is 0 Å². The SMILES string of the molecule is O=C(O)P(=O)(O)Oc1ccc2c(c1)C=CC2. The van der Waals surface area contributed by atoms with Gasteiger partial charge in [-0.2, -0.15) is 0 Å². The molecular formula is C10H9O5P. The lowest BCUT2D eigenvalue weighted by Crippen LogP contribution is -2.01. The minimum atomic E-state index is -4.62. The topological polar surface area (TPSA) is 83.8 Å². The zero-order valence-electron chi connectivity index (χ0n) is 8.16. The Morgan fingerprint density at radius 2 is 2.19 bits per heavy atom. The van der Waals surface area contributed by atoms with Crippen LogP contribution in [0.25, 0.3) is 6.08 Å². The summed E-state index contributed by atoms with van der Waals surface area (Å²) < 4.78 is 15.7. The summed E-state index contributed by atoms with van der Waals surface area (Å²) in [4.78, 5) is 19.4. The van der Waals surface area contributed by atoms with E-state index in [0.29, 0.717) is 0 Å². The Hall–Kier alpha value is -1.58. The molecule has 1 aromatic carbocycles. The monoisotopic (exact) mass is 240 g/mol. The molecule has 0 heterocycles. The first-order valence-corrected chi connectivity index (χ1v) is 6.12. The average molecular weight is 240 g/mol. The molecule has 5 nitrogen and oxygen atoms in total. The molecule has 0 fully saturated rings. The molecule has 16 heavy (non-hydrogen) atoms. The van der Waals surface area contributed by atoms with Gasteiger partial charge in [-0.15, -0.1) is 0 Å². The van der Waals surface area contributed by atoms with Crippen molar-refractivity contribution in [3.05, 3.63) is 35.4 Å². The highest BCUT2D eigenvalue weighted by atomic mass is 31.2. The summed E-state index contributed by atoms with van der Waals surface area (Å²) >= 11 is 0. The summed E-state index contributed by atoms with van der Waals surface area (Å²) in [5.74, 6) is 0.0820. The molecule has 0 spiro atoms. The van der Waals surface area contributed by atoms with Crippen LogP contribution in [0.3, 0.4) is 0 Å². The molecule has 0 aliphatic heterocycles. The van der Waals surface area contributed by atoms with Gasteiger partial charge in [0.2, 0.25) is 0 Å². The number of rotatable bonds is 3. The van der Waals surface area contributed by atoms with Crippen molar-refractivity contribution in [3.63, 3.8) is 0 Å². The number of benzene rings is 1. The molecule has 0 saturated heterocycles. The molecule has 1 aliphatic carbocycles. The first kappa shape index (κ1) is 10.9. The number of carboxylic acid groups (broad SMARTS) is 1. The van der Waals surface area contributed by atoms with Gasteiger partial charge in [0.1, 0.15) is 5.75 Å². The third kappa shape index (κ3) is 2.01. The lowest BCUT2D eigenvalue weighted by atomic mass is 10.1. The minimum absolute atomic E-state index is 0.0820. The smallest absolute Gasteiger partial charge is 0.471 e. The molecule has 2 rings (SSSR count). The van der Waals surface area contributed by atoms with Gasteiger partial charge < -0.3 is 14.5 Å². The van der Waals surface area contributed by atoms with E-state index in [-0.39, 0.29) is 5.75 Å². The quantitative estimate of drug-likeness (QED) is 0.793. The summed E-state index contributed by atoms with van der Waals surface area (Å²) in [5.41, 5.74) is 0.0990. The Morgan fingerprint density at radius 3 is 2.88 bits per heavy atom. The Labute approximate surface area is 91.5 Å². The zero-order valence-corrected chi connectivity index (χ0v) is 9.05. The zero-order chi connectivity index (χ0) is 11.8. The van der Waals surface area contributed by atoms with Crippen molar-refractivity contribution in [1.82, 2.24) is 0 Å². The summed E-state index contributed by atoms with van der Waals surface area (Å²) in [6.07, 6.45) is 4.61. The fourth-order valence-corrected chi connectivity index (χ4v) is 1.94. The van der Waals surface area contributed by atoms with Gasteiger partial charge in [0.05, 0.1) is 0 Å². The van der Waals surface area contributed by atoms with E-state index in [2.05, 4.69) is 4.52 Å². The highest BCUT2D eigenvalue weighted by Crippen LogP contribution is 2.43. The lowest BCUT2D eigenvalue weighted by Gasteiger charge is -2.09. The van der Waals surface area contributed by atoms with Crippen LogP contribution < -0.4 is 4.52 Å². The van der Waals surface area contributed by atoms with Gasteiger partial charge in [0.25, 0.3) is 0 Å². The first-order chi connectivity index (χ1) is 7.49. The van der Waals surface area contributed by atoms with Crippen molar-refractivity contribution in [2.75, 3.05) is 0 Å². The van der Waals surface area contributed by atoms with Crippen molar-refractivity contribution in [2.45, 2.75) is 6.42 Å². The van der Waals surface area contributed by atoms with E-state index in [4.69, 9.17) is 10.00 Å². The van der Waals surface area contributed by atoms with Crippen LogP contribution in [0.5, 0.6) is 5.75 Å². The summed E-state index contributed by atoms with van der Waals surface area (Å²) in [6.45, 7) is 0. The molecule has 84 valence electrons. The molecule has 1 unspecified atom stereocenters. The lowest BCUT2D eigenvalue weighted by molar-refractivity contribution is 0.209. The van der Waals surface area contributed by atoms with E-state index in [1.165, 1.54) is 6.07 Å². The van der Waals surface area contributed by atoms with Gasteiger partial charge in [0.15, 0.2) is 0 Å². The van der Waals surface area contributed by atoms with Crippen molar-refractivity contribution in [2.24, 2.45) is 0 Å². The highest BCUT2D eigenvalue weighted by molar-refractivity contribution is 7.70.